The Morgan fingerprint density at radius 1 is 0.974 bits per heavy atom. The van der Waals surface area contributed by atoms with E-state index in [0.717, 1.165) is 54.3 Å². The second kappa shape index (κ2) is 11.1. The van der Waals surface area contributed by atoms with Crippen LogP contribution in [0, 0.1) is 52.3 Å². The minimum Gasteiger partial charge on any atom is -0.458 e. The number of fused-ring (bicyclic) bond motifs is 5. The summed E-state index contributed by atoms with van der Waals surface area (Å²) in [5.41, 5.74) is 3.10. The molecule has 9 atom stereocenters. The summed E-state index contributed by atoms with van der Waals surface area (Å²) in [6.45, 7) is 15.1. The van der Waals surface area contributed by atoms with Gasteiger partial charge in [-0.1, -0.05) is 84.2 Å². The molecular formula is C36H54O2. The number of allylic oxidation sites excluding steroid dienone is 1. The third-order valence-corrected chi connectivity index (χ3v) is 12.6. The average Bonchev–Trinajstić information content (AvgIpc) is 3.26. The van der Waals surface area contributed by atoms with Gasteiger partial charge in [0, 0.05) is 6.42 Å². The largest absolute Gasteiger partial charge is 0.458 e. The minimum absolute atomic E-state index is 0.0296. The lowest BCUT2D eigenvalue weighted by Crippen LogP contribution is -2.51. The predicted octanol–water partition coefficient (Wildman–Crippen LogP) is 9.89. The fourth-order valence-corrected chi connectivity index (χ4v) is 10.2. The Bertz CT molecular complexity index is 994. The topological polar surface area (TPSA) is 26.3 Å². The van der Waals surface area contributed by atoms with Crippen LogP contribution in [0.1, 0.15) is 123 Å². The van der Waals surface area contributed by atoms with Crippen LogP contribution < -0.4 is 0 Å². The normalized spacial score (nSPS) is 38.0. The molecule has 0 aromatic heterocycles. The molecule has 0 bridgehead atoms. The molecule has 0 N–H and O–H groups in total. The SMILES string of the molecule is CC[C@H](CC[C@H](C)[C@@H]1CC[C@H]2[C@H]3CC=C4C[C@@H](OC(=O)c5ccccc5)CC[C@]4(C)[C@@H]3CC[C@@]21C)C(C)C. The van der Waals surface area contributed by atoms with Crippen molar-refractivity contribution in [3.8, 4) is 0 Å². The molecule has 0 aliphatic heterocycles. The van der Waals surface area contributed by atoms with Crippen molar-refractivity contribution in [1.29, 1.82) is 0 Å². The van der Waals surface area contributed by atoms with Crippen molar-refractivity contribution in [2.45, 2.75) is 118 Å². The van der Waals surface area contributed by atoms with Gasteiger partial charge in [-0.3, -0.25) is 0 Å². The smallest absolute Gasteiger partial charge is 0.338 e. The maximum atomic E-state index is 12.7. The minimum atomic E-state index is -0.160. The Labute approximate surface area is 233 Å². The number of hydrogen-bond donors (Lipinski definition) is 0. The summed E-state index contributed by atoms with van der Waals surface area (Å²) >= 11 is 0. The van der Waals surface area contributed by atoms with E-state index in [9.17, 15) is 4.79 Å². The molecule has 3 fully saturated rings. The summed E-state index contributed by atoms with van der Waals surface area (Å²) in [5, 5.41) is 0. The third kappa shape index (κ3) is 5.03. The Kier molecular flexibility index (Phi) is 8.19. The predicted molar refractivity (Wildman–Crippen MR) is 158 cm³/mol. The van der Waals surface area contributed by atoms with Crippen LogP contribution in [0.25, 0.3) is 0 Å². The number of carbonyl (C=O) groups is 1. The number of esters is 1. The maximum absolute atomic E-state index is 12.7. The second-order valence-corrected chi connectivity index (χ2v) is 14.6. The molecule has 0 heterocycles. The van der Waals surface area contributed by atoms with Crippen molar-refractivity contribution in [3.05, 3.63) is 47.5 Å². The quantitative estimate of drug-likeness (QED) is 0.253. The van der Waals surface area contributed by atoms with Gasteiger partial charge < -0.3 is 4.74 Å². The Balaban J connectivity index is 1.25. The van der Waals surface area contributed by atoms with Gasteiger partial charge >= 0.3 is 5.97 Å². The first-order valence-corrected chi connectivity index (χ1v) is 16.1. The van der Waals surface area contributed by atoms with Gasteiger partial charge in [-0.15, -0.1) is 0 Å². The summed E-state index contributed by atoms with van der Waals surface area (Å²) in [6.07, 6.45) is 16.9. The molecule has 0 saturated heterocycles. The zero-order valence-electron chi connectivity index (χ0n) is 25.2. The molecule has 3 saturated carbocycles. The lowest BCUT2D eigenvalue weighted by atomic mass is 9.47. The van der Waals surface area contributed by atoms with Gasteiger partial charge in [0.05, 0.1) is 5.56 Å². The first-order chi connectivity index (χ1) is 18.2. The van der Waals surface area contributed by atoms with Crippen LogP contribution in [0.4, 0.5) is 0 Å². The number of rotatable bonds is 8. The van der Waals surface area contributed by atoms with E-state index in [-0.39, 0.29) is 12.1 Å². The van der Waals surface area contributed by atoms with E-state index in [2.05, 4.69) is 47.6 Å². The number of benzene rings is 1. The molecule has 5 rings (SSSR count). The van der Waals surface area contributed by atoms with Gasteiger partial charge in [0.15, 0.2) is 0 Å². The van der Waals surface area contributed by atoms with Crippen molar-refractivity contribution in [1.82, 2.24) is 0 Å². The van der Waals surface area contributed by atoms with Gasteiger partial charge in [0.2, 0.25) is 0 Å². The highest BCUT2D eigenvalue weighted by atomic mass is 16.5. The van der Waals surface area contributed by atoms with Crippen LogP contribution in [0.2, 0.25) is 0 Å². The second-order valence-electron chi connectivity index (χ2n) is 14.6. The van der Waals surface area contributed by atoms with Crippen LogP contribution >= 0.6 is 0 Å². The molecule has 38 heavy (non-hydrogen) atoms. The van der Waals surface area contributed by atoms with Crippen LogP contribution in [0.15, 0.2) is 42.0 Å². The van der Waals surface area contributed by atoms with Crippen LogP contribution in [-0.4, -0.2) is 12.1 Å². The Morgan fingerprint density at radius 2 is 1.74 bits per heavy atom. The van der Waals surface area contributed by atoms with E-state index in [1.54, 1.807) is 5.57 Å². The van der Waals surface area contributed by atoms with Crippen LogP contribution in [-0.2, 0) is 4.74 Å². The maximum Gasteiger partial charge on any atom is 0.338 e. The zero-order chi connectivity index (χ0) is 27.1. The van der Waals surface area contributed by atoms with Crippen molar-refractivity contribution < 1.29 is 9.53 Å². The summed E-state index contributed by atoms with van der Waals surface area (Å²) < 4.78 is 6.02. The monoisotopic (exact) mass is 518 g/mol. The van der Waals surface area contributed by atoms with E-state index < -0.39 is 0 Å². The fourth-order valence-electron chi connectivity index (χ4n) is 10.2. The summed E-state index contributed by atoms with van der Waals surface area (Å²) in [4.78, 5) is 12.7. The van der Waals surface area contributed by atoms with Gasteiger partial charge in [-0.05, 0) is 116 Å². The molecule has 0 spiro atoms. The number of ether oxygens (including phenoxy) is 1. The van der Waals surface area contributed by atoms with Gasteiger partial charge in [0.25, 0.3) is 0 Å². The number of hydrogen-bond acceptors (Lipinski definition) is 2. The highest BCUT2D eigenvalue weighted by molar-refractivity contribution is 5.89. The zero-order valence-corrected chi connectivity index (χ0v) is 25.2. The molecule has 1 aromatic carbocycles. The molecule has 4 aliphatic carbocycles. The van der Waals surface area contributed by atoms with Gasteiger partial charge in [-0.25, -0.2) is 4.79 Å². The molecule has 0 unspecified atom stereocenters. The highest BCUT2D eigenvalue weighted by Gasteiger charge is 2.59. The highest BCUT2D eigenvalue weighted by Crippen LogP contribution is 2.67. The van der Waals surface area contributed by atoms with Crippen molar-refractivity contribution in [2.75, 3.05) is 0 Å². The summed E-state index contributed by atoms with van der Waals surface area (Å²) in [5.74, 6) is 5.86. The molecule has 1 aromatic rings. The van der Waals surface area contributed by atoms with E-state index in [0.29, 0.717) is 16.4 Å². The number of carbonyl (C=O) groups excluding carboxylic acids is 1. The van der Waals surface area contributed by atoms with E-state index in [1.807, 2.05) is 30.3 Å². The first kappa shape index (κ1) is 28.0. The molecular weight excluding hydrogens is 464 g/mol. The van der Waals surface area contributed by atoms with Crippen LogP contribution in [0.3, 0.4) is 0 Å². The molecule has 0 radical (unpaired) electrons. The molecule has 2 nitrogen and oxygen atoms in total. The first-order valence-electron chi connectivity index (χ1n) is 16.1. The molecule has 4 aliphatic rings. The van der Waals surface area contributed by atoms with Gasteiger partial charge in [-0.2, -0.15) is 0 Å². The lowest BCUT2D eigenvalue weighted by Gasteiger charge is -2.58. The molecule has 2 heteroatoms. The standard InChI is InChI=1S/C36H54O2/c1-7-26(24(2)3)14-13-25(4)31-17-18-32-30-16-15-28-23-29(38-34(37)27-11-9-8-10-12-27)19-21-35(28,5)33(30)20-22-36(31,32)6/h8-12,15,24-26,29-33H,7,13-14,16-23H2,1-6H3/t25-,26+,29-,30+,31-,32-,33+,35-,36+/m0/s1. The van der Waals surface area contributed by atoms with Crippen molar-refractivity contribution in [3.63, 3.8) is 0 Å². The summed E-state index contributed by atoms with van der Waals surface area (Å²) in [6, 6.07) is 9.50. The van der Waals surface area contributed by atoms with Crippen molar-refractivity contribution >= 4 is 5.97 Å². The summed E-state index contributed by atoms with van der Waals surface area (Å²) in [7, 11) is 0. The molecule has 210 valence electrons. The molecule has 0 amide bonds. The fraction of sp³-hybridized carbons (Fsp3) is 0.750. The Morgan fingerprint density at radius 3 is 2.45 bits per heavy atom. The average molecular weight is 519 g/mol. The van der Waals surface area contributed by atoms with E-state index in [4.69, 9.17) is 4.74 Å². The van der Waals surface area contributed by atoms with Gasteiger partial charge in [0.1, 0.15) is 6.10 Å². The van der Waals surface area contributed by atoms with E-state index in [1.165, 1.54) is 57.8 Å². The van der Waals surface area contributed by atoms with Crippen molar-refractivity contribution in [2.24, 2.45) is 52.3 Å². The van der Waals surface area contributed by atoms with Crippen LogP contribution in [0.5, 0.6) is 0 Å². The third-order valence-electron chi connectivity index (χ3n) is 12.6. The lowest BCUT2D eigenvalue weighted by molar-refractivity contribution is -0.0596. The Hall–Kier alpha value is -1.57. The van der Waals surface area contributed by atoms with E-state index >= 15 is 0 Å².